The molecule has 2 aromatic carbocycles. The molecule has 1 unspecified atom stereocenters. The van der Waals surface area contributed by atoms with E-state index in [1.165, 1.54) is 17.0 Å². The number of likely N-dealkylation sites (N-methyl/N-ethyl adjacent to an activating group) is 1. The van der Waals surface area contributed by atoms with Crippen molar-refractivity contribution in [2.45, 2.75) is 41.8 Å². The Morgan fingerprint density at radius 2 is 2.06 bits per heavy atom. The Hall–Kier alpha value is -2.11. The highest BCUT2D eigenvalue weighted by atomic mass is 32.2. The zero-order valence-corrected chi connectivity index (χ0v) is 19.3. The third-order valence-electron chi connectivity index (χ3n) is 5.14. The summed E-state index contributed by atoms with van der Waals surface area (Å²) in [4.78, 5) is 15.3. The maximum absolute atomic E-state index is 12.7. The van der Waals surface area contributed by atoms with E-state index in [9.17, 15) is 18.3 Å². The van der Waals surface area contributed by atoms with Gasteiger partial charge in [-0.15, -0.1) is 11.8 Å². The van der Waals surface area contributed by atoms with Crippen LogP contribution in [0.4, 0.5) is 0 Å². The van der Waals surface area contributed by atoms with Crippen LogP contribution in [0.2, 0.25) is 0 Å². The SMILES string of the molecule is CSc1ccc(Oc2ccc(S(N)(=O)=O)cc2CN(C)C(=O)C2C[C@@H](O)CN2)cc1C. The second-order valence-corrected chi connectivity index (χ2v) is 10.0. The fraction of sp³-hybridized carbons (Fsp3) is 0.381. The summed E-state index contributed by atoms with van der Waals surface area (Å²) >= 11 is 1.64. The van der Waals surface area contributed by atoms with E-state index in [2.05, 4.69) is 5.32 Å². The Labute approximate surface area is 186 Å². The average molecular weight is 466 g/mol. The van der Waals surface area contributed by atoms with E-state index in [1.807, 2.05) is 31.4 Å². The predicted molar refractivity (Wildman–Crippen MR) is 120 cm³/mol. The van der Waals surface area contributed by atoms with Crippen molar-refractivity contribution in [1.82, 2.24) is 10.2 Å². The van der Waals surface area contributed by atoms with Gasteiger partial charge in [0.25, 0.3) is 0 Å². The van der Waals surface area contributed by atoms with Gasteiger partial charge in [0.05, 0.1) is 17.0 Å². The number of primary sulfonamides is 1. The lowest BCUT2D eigenvalue weighted by Crippen LogP contribution is -2.41. The zero-order valence-electron chi connectivity index (χ0n) is 17.7. The average Bonchev–Trinajstić information content (AvgIpc) is 3.14. The smallest absolute Gasteiger partial charge is 0.239 e. The van der Waals surface area contributed by atoms with E-state index in [4.69, 9.17) is 9.88 Å². The van der Waals surface area contributed by atoms with Gasteiger partial charge in [-0.05, 0) is 61.6 Å². The highest BCUT2D eigenvalue weighted by Crippen LogP contribution is 2.31. The number of carbonyl (C=O) groups is 1. The monoisotopic (exact) mass is 465 g/mol. The molecule has 1 amide bonds. The Bertz CT molecular complexity index is 1070. The van der Waals surface area contributed by atoms with Crippen LogP contribution in [0.1, 0.15) is 17.5 Å². The summed E-state index contributed by atoms with van der Waals surface area (Å²) in [5.74, 6) is 0.848. The summed E-state index contributed by atoms with van der Waals surface area (Å²) in [5.41, 5.74) is 1.57. The van der Waals surface area contributed by atoms with Crippen LogP contribution < -0.4 is 15.2 Å². The van der Waals surface area contributed by atoms with Gasteiger partial charge in [0.1, 0.15) is 11.5 Å². The van der Waals surface area contributed by atoms with Crippen LogP contribution in [-0.2, 0) is 21.4 Å². The van der Waals surface area contributed by atoms with Gasteiger partial charge in [0.2, 0.25) is 15.9 Å². The molecule has 10 heteroatoms. The van der Waals surface area contributed by atoms with Gasteiger partial charge >= 0.3 is 0 Å². The maximum Gasteiger partial charge on any atom is 0.239 e. The number of aryl methyl sites for hydroxylation is 1. The van der Waals surface area contributed by atoms with Crippen molar-refractivity contribution in [3.63, 3.8) is 0 Å². The molecule has 2 atom stereocenters. The molecule has 0 radical (unpaired) electrons. The van der Waals surface area contributed by atoms with Gasteiger partial charge in [-0.3, -0.25) is 4.79 Å². The van der Waals surface area contributed by atoms with Crippen LogP contribution in [0.3, 0.4) is 0 Å². The van der Waals surface area contributed by atoms with Gasteiger partial charge in [-0.2, -0.15) is 0 Å². The molecule has 0 spiro atoms. The van der Waals surface area contributed by atoms with Gasteiger partial charge in [-0.25, -0.2) is 13.6 Å². The quantitative estimate of drug-likeness (QED) is 0.533. The van der Waals surface area contributed by atoms with Crippen molar-refractivity contribution < 1.29 is 23.1 Å². The predicted octanol–water partition coefficient (Wildman–Crippen LogP) is 1.84. The lowest BCUT2D eigenvalue weighted by Gasteiger charge is -2.23. The number of aliphatic hydroxyl groups is 1. The summed E-state index contributed by atoms with van der Waals surface area (Å²) in [6.07, 6.45) is 1.78. The third kappa shape index (κ3) is 5.78. The van der Waals surface area contributed by atoms with Crippen molar-refractivity contribution >= 4 is 27.7 Å². The first-order valence-corrected chi connectivity index (χ1v) is 12.5. The van der Waals surface area contributed by atoms with Gasteiger partial charge in [-0.1, -0.05) is 0 Å². The molecule has 1 fully saturated rings. The molecule has 31 heavy (non-hydrogen) atoms. The number of hydrogen-bond acceptors (Lipinski definition) is 7. The van der Waals surface area contributed by atoms with Crippen molar-refractivity contribution in [1.29, 1.82) is 0 Å². The minimum atomic E-state index is -3.92. The third-order valence-corrected chi connectivity index (χ3v) is 6.95. The number of aliphatic hydroxyl groups excluding tert-OH is 1. The lowest BCUT2D eigenvalue weighted by molar-refractivity contribution is -0.132. The second-order valence-electron chi connectivity index (χ2n) is 7.59. The first kappa shape index (κ1) is 23.6. The summed E-state index contributed by atoms with van der Waals surface area (Å²) < 4.78 is 29.7. The molecule has 168 valence electrons. The van der Waals surface area contributed by atoms with Gasteiger partial charge < -0.3 is 20.1 Å². The molecule has 0 bridgehead atoms. The number of nitrogens with two attached hydrogens (primary N) is 1. The molecule has 2 aromatic rings. The normalized spacial score (nSPS) is 18.7. The molecular weight excluding hydrogens is 438 g/mol. The zero-order chi connectivity index (χ0) is 22.8. The summed E-state index contributed by atoms with van der Waals surface area (Å²) in [6, 6.07) is 9.58. The Balaban J connectivity index is 1.89. The van der Waals surface area contributed by atoms with Crippen LogP contribution in [0.5, 0.6) is 11.5 Å². The number of thioether (sulfide) groups is 1. The molecule has 0 aliphatic carbocycles. The summed E-state index contributed by atoms with van der Waals surface area (Å²) in [5, 5.41) is 18.0. The van der Waals surface area contributed by atoms with E-state index in [-0.39, 0.29) is 17.3 Å². The van der Waals surface area contributed by atoms with Crippen LogP contribution >= 0.6 is 11.8 Å². The fourth-order valence-electron chi connectivity index (χ4n) is 3.50. The van der Waals surface area contributed by atoms with Crippen LogP contribution in [0.15, 0.2) is 46.2 Å². The van der Waals surface area contributed by atoms with Gasteiger partial charge in [0.15, 0.2) is 0 Å². The van der Waals surface area contributed by atoms with Crippen molar-refractivity contribution in [2.75, 3.05) is 19.8 Å². The molecule has 0 aromatic heterocycles. The summed E-state index contributed by atoms with van der Waals surface area (Å²) in [7, 11) is -2.29. The molecule has 1 aliphatic heterocycles. The van der Waals surface area contributed by atoms with E-state index in [0.29, 0.717) is 30.0 Å². The Morgan fingerprint density at radius 3 is 2.65 bits per heavy atom. The summed E-state index contributed by atoms with van der Waals surface area (Å²) in [6.45, 7) is 2.47. The Kier molecular flexibility index (Phi) is 7.28. The first-order chi connectivity index (χ1) is 14.6. The number of ether oxygens (including phenoxy) is 1. The van der Waals surface area contributed by atoms with Crippen molar-refractivity contribution in [3.05, 3.63) is 47.5 Å². The number of benzene rings is 2. The number of rotatable bonds is 7. The lowest BCUT2D eigenvalue weighted by atomic mass is 10.1. The fourth-order valence-corrected chi connectivity index (χ4v) is 4.65. The maximum atomic E-state index is 12.7. The largest absolute Gasteiger partial charge is 0.457 e. The first-order valence-electron chi connectivity index (χ1n) is 9.73. The van der Waals surface area contributed by atoms with E-state index >= 15 is 0 Å². The van der Waals surface area contributed by atoms with Crippen molar-refractivity contribution in [2.24, 2.45) is 5.14 Å². The molecule has 4 N–H and O–H groups in total. The Morgan fingerprint density at radius 1 is 1.32 bits per heavy atom. The molecule has 8 nitrogen and oxygen atoms in total. The molecule has 0 saturated carbocycles. The van der Waals surface area contributed by atoms with Crippen LogP contribution in [0, 0.1) is 6.92 Å². The molecule has 1 aliphatic rings. The molecule has 3 rings (SSSR count). The van der Waals surface area contributed by atoms with E-state index in [1.54, 1.807) is 24.9 Å². The number of sulfonamides is 1. The second kappa shape index (κ2) is 9.58. The molecule has 1 saturated heterocycles. The highest BCUT2D eigenvalue weighted by molar-refractivity contribution is 7.98. The number of carbonyl (C=O) groups excluding carboxylic acids is 1. The number of amides is 1. The highest BCUT2D eigenvalue weighted by Gasteiger charge is 2.30. The van der Waals surface area contributed by atoms with E-state index < -0.39 is 22.2 Å². The minimum absolute atomic E-state index is 0.0565. The topological polar surface area (TPSA) is 122 Å². The van der Waals surface area contributed by atoms with Crippen molar-refractivity contribution in [3.8, 4) is 11.5 Å². The molecule has 1 heterocycles. The number of nitrogens with one attached hydrogen (secondary N) is 1. The minimum Gasteiger partial charge on any atom is -0.457 e. The van der Waals surface area contributed by atoms with Crippen LogP contribution in [-0.4, -0.2) is 56.3 Å². The van der Waals surface area contributed by atoms with Gasteiger partial charge in [0, 0.05) is 30.6 Å². The number of nitrogens with zero attached hydrogens (tertiary/aromatic N) is 1. The standard InChI is InChI=1S/C21H27N3O5S2/c1-13-8-16(4-7-20(13)30-3)29-19-6-5-17(31(22,27)28)9-14(19)12-24(2)21(26)18-10-15(25)11-23-18/h4-9,15,18,23,25H,10-12H2,1-3H3,(H2,22,27,28)/t15-,18?/m1/s1. The van der Waals surface area contributed by atoms with Crippen LogP contribution in [0.25, 0.3) is 0 Å². The number of β-amino-alcohol motifs (C(OH)–C–C–N with tert-alkyl or cyclic N) is 1. The van der Waals surface area contributed by atoms with E-state index in [0.717, 1.165) is 10.5 Å². The number of hydrogen-bond donors (Lipinski definition) is 3. The molecular formula is C21H27N3O5S2.